The lowest BCUT2D eigenvalue weighted by molar-refractivity contribution is 0.790. The first-order valence-corrected chi connectivity index (χ1v) is 5.82. The third-order valence-corrected chi connectivity index (χ3v) is 2.71. The Morgan fingerprint density at radius 1 is 1.28 bits per heavy atom. The molecule has 0 atom stereocenters. The van der Waals surface area contributed by atoms with Crippen LogP contribution in [0.25, 0.3) is 5.95 Å². The van der Waals surface area contributed by atoms with E-state index in [1.54, 1.807) is 23.1 Å². The molecule has 2 aromatic heterocycles. The average molecular weight is 246 g/mol. The highest BCUT2D eigenvalue weighted by atomic mass is 15.4. The Bertz CT molecular complexity index is 519. The number of hydrazine groups is 1. The number of nitrogen functional groups attached to an aromatic ring is 1. The van der Waals surface area contributed by atoms with E-state index in [2.05, 4.69) is 30.8 Å². The molecule has 3 rings (SSSR count). The number of nitrogens with one attached hydrogen (secondary N) is 2. The third kappa shape index (κ3) is 2.38. The van der Waals surface area contributed by atoms with Gasteiger partial charge in [-0.25, -0.2) is 10.5 Å². The Labute approximate surface area is 104 Å². The van der Waals surface area contributed by atoms with Crippen molar-refractivity contribution < 1.29 is 0 Å². The molecule has 2 aromatic rings. The zero-order valence-electron chi connectivity index (χ0n) is 9.74. The summed E-state index contributed by atoms with van der Waals surface area (Å²) in [6.07, 6.45) is 5.97. The molecule has 8 heteroatoms. The first-order chi connectivity index (χ1) is 8.85. The molecule has 1 saturated carbocycles. The maximum atomic E-state index is 5.35. The van der Waals surface area contributed by atoms with Crippen LogP contribution in [-0.2, 0) is 0 Å². The van der Waals surface area contributed by atoms with Crippen LogP contribution in [0.15, 0.2) is 18.5 Å². The van der Waals surface area contributed by atoms with Gasteiger partial charge in [0.15, 0.2) is 0 Å². The summed E-state index contributed by atoms with van der Waals surface area (Å²) in [7, 11) is 0. The fraction of sp³-hybridized carbons (Fsp3) is 0.400. The molecular weight excluding hydrogens is 232 g/mol. The lowest BCUT2D eigenvalue weighted by Gasteiger charge is -2.07. The lowest BCUT2D eigenvalue weighted by atomic mass is 10.4. The van der Waals surface area contributed by atoms with Crippen molar-refractivity contribution >= 4 is 11.9 Å². The van der Waals surface area contributed by atoms with Gasteiger partial charge in [0.1, 0.15) is 0 Å². The van der Waals surface area contributed by atoms with Crippen LogP contribution in [0.5, 0.6) is 0 Å². The van der Waals surface area contributed by atoms with E-state index >= 15 is 0 Å². The van der Waals surface area contributed by atoms with Gasteiger partial charge < -0.3 is 5.32 Å². The molecule has 18 heavy (non-hydrogen) atoms. The summed E-state index contributed by atoms with van der Waals surface area (Å²) < 4.78 is 1.56. The lowest BCUT2D eigenvalue weighted by Crippen LogP contribution is -2.16. The predicted octanol–water partition coefficient (Wildman–Crippen LogP) is 0.165. The minimum Gasteiger partial charge on any atom is -0.354 e. The summed E-state index contributed by atoms with van der Waals surface area (Å²) in [5.74, 6) is 7.34. The molecule has 0 spiro atoms. The fourth-order valence-electron chi connectivity index (χ4n) is 1.56. The second-order valence-electron chi connectivity index (χ2n) is 4.20. The highest BCUT2D eigenvalue weighted by Crippen LogP contribution is 2.28. The van der Waals surface area contributed by atoms with Gasteiger partial charge >= 0.3 is 0 Å². The normalized spacial score (nSPS) is 14.5. The van der Waals surface area contributed by atoms with Crippen molar-refractivity contribution in [3.8, 4) is 5.95 Å². The molecular formula is C10H14N8. The second-order valence-corrected chi connectivity index (χ2v) is 4.20. The van der Waals surface area contributed by atoms with E-state index in [9.17, 15) is 0 Å². The van der Waals surface area contributed by atoms with Gasteiger partial charge in [0.2, 0.25) is 11.9 Å². The molecule has 0 aliphatic heterocycles. The van der Waals surface area contributed by atoms with E-state index in [0.29, 0.717) is 17.8 Å². The van der Waals surface area contributed by atoms with Gasteiger partial charge in [-0.15, -0.1) is 0 Å². The van der Waals surface area contributed by atoms with Crippen molar-refractivity contribution in [2.24, 2.45) is 11.8 Å². The molecule has 0 amide bonds. The standard InChI is InChI=1S/C10H14N8/c11-17-9-14-8(12-6-7-2-3-7)15-10(16-9)18-5-1-4-13-18/h1,4-5,7H,2-3,6,11H2,(H2,12,14,15,16,17). The van der Waals surface area contributed by atoms with Gasteiger partial charge in [-0.3, -0.25) is 5.43 Å². The maximum Gasteiger partial charge on any atom is 0.257 e. The Morgan fingerprint density at radius 3 is 2.78 bits per heavy atom. The van der Waals surface area contributed by atoms with Crippen LogP contribution in [0, 0.1) is 5.92 Å². The van der Waals surface area contributed by atoms with E-state index in [1.165, 1.54) is 12.8 Å². The van der Waals surface area contributed by atoms with Crippen LogP contribution >= 0.6 is 0 Å². The smallest absolute Gasteiger partial charge is 0.257 e. The first kappa shape index (κ1) is 10.9. The molecule has 4 N–H and O–H groups in total. The first-order valence-electron chi connectivity index (χ1n) is 5.82. The van der Waals surface area contributed by atoms with Crippen LogP contribution in [-0.4, -0.2) is 31.3 Å². The van der Waals surface area contributed by atoms with Crippen LogP contribution < -0.4 is 16.6 Å². The Morgan fingerprint density at radius 2 is 2.11 bits per heavy atom. The Hall–Kier alpha value is -2.22. The number of hydrogen-bond acceptors (Lipinski definition) is 7. The molecule has 8 nitrogen and oxygen atoms in total. The maximum absolute atomic E-state index is 5.35. The molecule has 1 aliphatic rings. The number of nitrogens with zero attached hydrogens (tertiary/aromatic N) is 5. The topological polar surface area (TPSA) is 107 Å². The SMILES string of the molecule is NNc1nc(NCC2CC2)nc(-n2cccn2)n1. The summed E-state index contributed by atoms with van der Waals surface area (Å²) in [5.41, 5.74) is 2.43. The van der Waals surface area contributed by atoms with Gasteiger partial charge in [0.05, 0.1) is 0 Å². The van der Waals surface area contributed by atoms with Gasteiger partial charge in [-0.05, 0) is 24.8 Å². The zero-order chi connectivity index (χ0) is 12.4. The minimum atomic E-state index is 0.314. The van der Waals surface area contributed by atoms with Crippen LogP contribution in [0.1, 0.15) is 12.8 Å². The van der Waals surface area contributed by atoms with Crippen molar-refractivity contribution in [3.63, 3.8) is 0 Å². The van der Waals surface area contributed by atoms with Gasteiger partial charge in [-0.1, -0.05) is 0 Å². The van der Waals surface area contributed by atoms with E-state index in [0.717, 1.165) is 12.5 Å². The monoisotopic (exact) mass is 246 g/mol. The highest BCUT2D eigenvalue weighted by Gasteiger charge is 2.21. The summed E-state index contributed by atoms with van der Waals surface area (Å²) >= 11 is 0. The van der Waals surface area contributed by atoms with E-state index in [4.69, 9.17) is 5.84 Å². The van der Waals surface area contributed by atoms with Gasteiger partial charge in [0.25, 0.3) is 5.95 Å². The molecule has 1 aliphatic carbocycles. The van der Waals surface area contributed by atoms with Crippen LogP contribution in [0.4, 0.5) is 11.9 Å². The molecule has 0 unspecified atom stereocenters. The van der Waals surface area contributed by atoms with Crippen LogP contribution in [0.3, 0.4) is 0 Å². The average Bonchev–Trinajstić information content (AvgIpc) is 3.07. The van der Waals surface area contributed by atoms with E-state index in [-0.39, 0.29) is 0 Å². The summed E-state index contributed by atoms with van der Waals surface area (Å²) in [5, 5.41) is 7.26. The van der Waals surface area contributed by atoms with Crippen molar-refractivity contribution in [1.29, 1.82) is 0 Å². The van der Waals surface area contributed by atoms with Crippen molar-refractivity contribution in [3.05, 3.63) is 18.5 Å². The van der Waals surface area contributed by atoms with Gasteiger partial charge in [-0.2, -0.15) is 20.1 Å². The highest BCUT2D eigenvalue weighted by molar-refractivity contribution is 5.37. The Kier molecular flexibility index (Phi) is 2.77. The number of nitrogens with two attached hydrogens (primary N) is 1. The largest absolute Gasteiger partial charge is 0.354 e. The number of hydrogen-bond donors (Lipinski definition) is 3. The molecule has 1 fully saturated rings. The number of rotatable bonds is 5. The minimum absolute atomic E-state index is 0.314. The van der Waals surface area contributed by atoms with Crippen LogP contribution in [0.2, 0.25) is 0 Å². The molecule has 2 heterocycles. The molecule has 0 bridgehead atoms. The molecule has 94 valence electrons. The molecule has 0 saturated heterocycles. The van der Waals surface area contributed by atoms with Crippen molar-refractivity contribution in [2.45, 2.75) is 12.8 Å². The predicted molar refractivity (Wildman–Crippen MR) is 66.0 cm³/mol. The summed E-state index contributed by atoms with van der Waals surface area (Å²) in [6, 6.07) is 1.80. The Balaban J connectivity index is 1.85. The van der Waals surface area contributed by atoms with Crippen molar-refractivity contribution in [1.82, 2.24) is 24.7 Å². The number of aromatic nitrogens is 5. The quantitative estimate of drug-likeness (QED) is 0.509. The fourth-order valence-corrected chi connectivity index (χ4v) is 1.56. The second kappa shape index (κ2) is 4.57. The molecule has 0 aromatic carbocycles. The zero-order valence-corrected chi connectivity index (χ0v) is 9.74. The summed E-state index contributed by atoms with van der Waals surface area (Å²) in [4.78, 5) is 12.6. The van der Waals surface area contributed by atoms with Crippen molar-refractivity contribution in [2.75, 3.05) is 17.3 Å². The number of anilines is 2. The van der Waals surface area contributed by atoms with E-state index < -0.39 is 0 Å². The third-order valence-electron chi connectivity index (χ3n) is 2.71. The molecule has 0 radical (unpaired) electrons. The van der Waals surface area contributed by atoms with E-state index in [1.807, 2.05) is 0 Å². The summed E-state index contributed by atoms with van der Waals surface area (Å²) in [6.45, 7) is 0.882. The van der Waals surface area contributed by atoms with Gasteiger partial charge in [0, 0.05) is 18.9 Å².